The van der Waals surface area contributed by atoms with Gasteiger partial charge in [-0.1, -0.05) is 84.8 Å². The molecule has 0 spiro atoms. The largest absolute Gasteiger partial charge is 0.481 e. The van der Waals surface area contributed by atoms with E-state index in [9.17, 15) is 14.4 Å². The van der Waals surface area contributed by atoms with E-state index >= 15 is 0 Å². The van der Waals surface area contributed by atoms with E-state index in [1.54, 1.807) is 30.3 Å². The molecule has 1 aliphatic rings. The zero-order valence-electron chi connectivity index (χ0n) is 17.1. The number of carbonyl (C=O) groups excluding carboxylic acids is 2. The number of thiocarbonyl (C=S) groups is 1. The van der Waals surface area contributed by atoms with Gasteiger partial charge in [-0.3, -0.25) is 19.3 Å². The predicted octanol–water partition coefficient (Wildman–Crippen LogP) is 4.60. The number of ether oxygens (including phenoxy) is 1. The maximum absolute atomic E-state index is 12.5. The van der Waals surface area contributed by atoms with Crippen molar-refractivity contribution in [1.29, 1.82) is 0 Å². The Morgan fingerprint density at radius 2 is 1.91 bits per heavy atom. The molecule has 0 bridgehead atoms. The lowest BCUT2D eigenvalue weighted by atomic mass is 10.1. The number of carboxylic acids is 1. The molecular formula is C20H21Cl3N2O5S2. The molecule has 1 aromatic carbocycles. The van der Waals surface area contributed by atoms with E-state index in [4.69, 9.17) is 56.9 Å². The van der Waals surface area contributed by atoms with Gasteiger partial charge in [-0.2, -0.15) is 0 Å². The van der Waals surface area contributed by atoms with Crippen LogP contribution in [0.3, 0.4) is 0 Å². The van der Waals surface area contributed by atoms with E-state index in [1.807, 2.05) is 13.8 Å². The Hall–Kier alpha value is -1.52. The molecule has 0 unspecified atom stereocenters. The van der Waals surface area contributed by atoms with Crippen molar-refractivity contribution in [2.75, 3.05) is 6.54 Å². The van der Waals surface area contributed by atoms with Crippen molar-refractivity contribution in [1.82, 2.24) is 10.2 Å². The molecule has 0 aliphatic carbocycles. The highest BCUT2D eigenvalue weighted by Crippen LogP contribution is 2.34. The van der Waals surface area contributed by atoms with Crippen LogP contribution in [0, 0.1) is 5.92 Å². The summed E-state index contributed by atoms with van der Waals surface area (Å²) in [7, 11) is 0. The zero-order valence-corrected chi connectivity index (χ0v) is 21.0. The average Bonchev–Trinajstić information content (AvgIpc) is 2.92. The van der Waals surface area contributed by atoms with Gasteiger partial charge in [-0.25, -0.2) is 0 Å². The molecule has 1 aromatic rings. The molecule has 1 atom stereocenters. The van der Waals surface area contributed by atoms with E-state index in [1.165, 1.54) is 4.90 Å². The van der Waals surface area contributed by atoms with Crippen LogP contribution in [-0.4, -0.2) is 48.7 Å². The van der Waals surface area contributed by atoms with Crippen molar-refractivity contribution in [2.24, 2.45) is 5.92 Å². The van der Waals surface area contributed by atoms with E-state index < -0.39 is 16.0 Å². The minimum atomic E-state index is -1.89. The van der Waals surface area contributed by atoms with Crippen molar-refractivity contribution in [3.8, 4) is 5.75 Å². The first-order valence-electron chi connectivity index (χ1n) is 9.46. The summed E-state index contributed by atoms with van der Waals surface area (Å²) in [4.78, 5) is 36.9. The molecule has 174 valence electrons. The Bertz CT molecular complexity index is 917. The summed E-state index contributed by atoms with van der Waals surface area (Å²) in [5.74, 6) is -1.18. The molecule has 0 radical (unpaired) electrons. The number of rotatable bonds is 9. The van der Waals surface area contributed by atoms with Crippen LogP contribution in [0.4, 0.5) is 0 Å². The molecule has 1 fully saturated rings. The molecule has 32 heavy (non-hydrogen) atoms. The summed E-state index contributed by atoms with van der Waals surface area (Å²) in [5, 5.41) is 11.4. The number of benzene rings is 1. The van der Waals surface area contributed by atoms with Gasteiger partial charge in [-0.15, -0.1) is 0 Å². The van der Waals surface area contributed by atoms with Crippen LogP contribution in [0.15, 0.2) is 29.2 Å². The first-order chi connectivity index (χ1) is 14.9. The molecule has 1 aliphatic heterocycles. The standard InChI is InChI=1S/C20H21Cl3N2O5S2/c1-11(2)9-15(26)24-18(20(21,22)23)30-13-5-3-12(4-6-13)10-14-17(29)25(19(31)32-14)8-7-16(27)28/h3-6,10-11,18H,7-9H2,1-2H3,(H,24,26)(H,27,28)/b14-10-/t18-/m1/s1. The fourth-order valence-electron chi connectivity index (χ4n) is 2.58. The van der Waals surface area contributed by atoms with Crippen molar-refractivity contribution < 1.29 is 24.2 Å². The van der Waals surface area contributed by atoms with Crippen LogP contribution in [0.5, 0.6) is 5.75 Å². The number of carbonyl (C=O) groups is 3. The van der Waals surface area contributed by atoms with Crippen molar-refractivity contribution in [3.05, 3.63) is 34.7 Å². The average molecular weight is 540 g/mol. The third kappa shape index (κ3) is 8.12. The molecule has 1 saturated heterocycles. The van der Waals surface area contributed by atoms with Gasteiger partial charge in [0.1, 0.15) is 10.1 Å². The Labute approximate surface area is 210 Å². The van der Waals surface area contributed by atoms with E-state index in [0.717, 1.165) is 11.8 Å². The van der Waals surface area contributed by atoms with Crippen LogP contribution >= 0.6 is 58.8 Å². The van der Waals surface area contributed by atoms with Gasteiger partial charge in [-0.05, 0) is 29.7 Å². The van der Waals surface area contributed by atoms with Gasteiger partial charge >= 0.3 is 5.97 Å². The number of alkyl halides is 3. The Balaban J connectivity index is 2.08. The topological polar surface area (TPSA) is 95.9 Å². The van der Waals surface area contributed by atoms with Crippen LogP contribution in [0.2, 0.25) is 0 Å². The molecule has 7 nitrogen and oxygen atoms in total. The molecule has 2 rings (SSSR count). The Morgan fingerprint density at radius 3 is 2.44 bits per heavy atom. The predicted molar refractivity (Wildman–Crippen MR) is 131 cm³/mol. The lowest BCUT2D eigenvalue weighted by Gasteiger charge is -2.26. The third-order valence-electron chi connectivity index (χ3n) is 4.04. The molecule has 0 saturated carbocycles. The second-order valence-corrected chi connectivity index (χ2v) is 11.3. The number of nitrogens with zero attached hydrogens (tertiary/aromatic N) is 1. The summed E-state index contributed by atoms with van der Waals surface area (Å²) in [5.41, 5.74) is 0.686. The molecule has 12 heteroatoms. The van der Waals surface area contributed by atoms with E-state index in [2.05, 4.69) is 5.32 Å². The highest BCUT2D eigenvalue weighted by Gasteiger charge is 2.36. The fourth-order valence-corrected chi connectivity index (χ4v) is 4.19. The van der Waals surface area contributed by atoms with Crippen LogP contribution in [0.25, 0.3) is 6.08 Å². The summed E-state index contributed by atoms with van der Waals surface area (Å²) in [6, 6.07) is 6.58. The maximum Gasteiger partial charge on any atom is 0.305 e. The lowest BCUT2D eigenvalue weighted by Crippen LogP contribution is -2.48. The smallest absolute Gasteiger partial charge is 0.305 e. The van der Waals surface area contributed by atoms with Crippen molar-refractivity contribution >= 4 is 87.0 Å². The monoisotopic (exact) mass is 538 g/mol. The zero-order chi connectivity index (χ0) is 24.1. The van der Waals surface area contributed by atoms with Gasteiger partial charge in [0, 0.05) is 13.0 Å². The number of aliphatic carboxylic acids is 1. The number of hydrogen-bond acceptors (Lipinski definition) is 6. The quantitative estimate of drug-likeness (QED) is 0.205. The minimum absolute atomic E-state index is 0.0189. The normalized spacial score (nSPS) is 16.6. The number of carboxylic acid groups (broad SMARTS) is 1. The van der Waals surface area contributed by atoms with E-state index in [-0.39, 0.29) is 37.1 Å². The van der Waals surface area contributed by atoms with Crippen LogP contribution < -0.4 is 10.1 Å². The highest BCUT2D eigenvalue weighted by molar-refractivity contribution is 8.26. The lowest BCUT2D eigenvalue weighted by molar-refractivity contribution is -0.137. The number of hydrogen-bond donors (Lipinski definition) is 2. The first kappa shape index (κ1) is 26.7. The van der Waals surface area contributed by atoms with Crippen molar-refractivity contribution in [3.63, 3.8) is 0 Å². The maximum atomic E-state index is 12.5. The van der Waals surface area contributed by atoms with Crippen molar-refractivity contribution in [2.45, 2.75) is 36.7 Å². The summed E-state index contributed by atoms with van der Waals surface area (Å²) in [6.45, 7) is 3.80. The van der Waals surface area contributed by atoms with Gasteiger partial charge < -0.3 is 15.2 Å². The Kier molecular flexibility index (Phi) is 9.66. The van der Waals surface area contributed by atoms with Gasteiger partial charge in [0.05, 0.1) is 11.3 Å². The fraction of sp³-hybridized carbons (Fsp3) is 0.400. The SMILES string of the molecule is CC(C)CC(=O)N[C@H](Oc1ccc(/C=C2\SC(=S)N(CCC(=O)O)C2=O)cc1)C(Cl)(Cl)Cl. The van der Waals surface area contributed by atoms with Crippen LogP contribution in [0.1, 0.15) is 32.3 Å². The third-order valence-corrected chi connectivity index (χ3v) is 6.01. The van der Waals surface area contributed by atoms with Crippen LogP contribution in [-0.2, 0) is 14.4 Å². The Morgan fingerprint density at radius 1 is 1.28 bits per heavy atom. The molecular weight excluding hydrogens is 519 g/mol. The first-order valence-corrected chi connectivity index (χ1v) is 11.8. The number of nitrogens with one attached hydrogen (secondary N) is 1. The summed E-state index contributed by atoms with van der Waals surface area (Å²) >= 11 is 24.1. The van der Waals surface area contributed by atoms with Gasteiger partial charge in [0.2, 0.25) is 15.9 Å². The second kappa shape index (κ2) is 11.6. The summed E-state index contributed by atoms with van der Waals surface area (Å²) < 4.78 is 4.08. The molecule has 2 amide bonds. The molecule has 2 N–H and O–H groups in total. The summed E-state index contributed by atoms with van der Waals surface area (Å²) in [6.07, 6.45) is 0.504. The number of halogens is 3. The van der Waals surface area contributed by atoms with Gasteiger partial charge in [0.25, 0.3) is 5.91 Å². The number of thioether (sulfide) groups is 1. The minimum Gasteiger partial charge on any atom is -0.481 e. The van der Waals surface area contributed by atoms with Gasteiger partial charge in [0.15, 0.2) is 0 Å². The second-order valence-electron chi connectivity index (χ2n) is 7.25. The highest BCUT2D eigenvalue weighted by atomic mass is 35.6. The van der Waals surface area contributed by atoms with E-state index in [0.29, 0.717) is 20.5 Å². The molecule has 0 aromatic heterocycles. The number of amides is 2. The molecule has 1 heterocycles.